The van der Waals surface area contributed by atoms with Gasteiger partial charge in [-0.1, -0.05) is 6.92 Å². The van der Waals surface area contributed by atoms with Crippen molar-refractivity contribution in [3.05, 3.63) is 0 Å². The summed E-state index contributed by atoms with van der Waals surface area (Å²) in [7, 11) is 0. The molecule has 0 aromatic rings. The summed E-state index contributed by atoms with van der Waals surface area (Å²) in [6.07, 6.45) is 2.18. The molecule has 2 N–H and O–H groups in total. The molecule has 92 valence electrons. The highest BCUT2D eigenvalue weighted by molar-refractivity contribution is 5.79. The summed E-state index contributed by atoms with van der Waals surface area (Å²) in [6.45, 7) is 6.79. The Labute approximate surface area is 97.1 Å². The van der Waals surface area contributed by atoms with Gasteiger partial charge in [0.2, 0.25) is 5.91 Å². The second-order valence-corrected chi connectivity index (χ2v) is 5.28. The van der Waals surface area contributed by atoms with Crippen molar-refractivity contribution in [2.75, 3.05) is 19.7 Å². The lowest BCUT2D eigenvalue weighted by atomic mass is 9.96. The van der Waals surface area contributed by atoms with Crippen molar-refractivity contribution in [3.63, 3.8) is 0 Å². The van der Waals surface area contributed by atoms with Crippen LogP contribution in [-0.4, -0.2) is 37.7 Å². The third-order valence-electron chi connectivity index (χ3n) is 3.49. The Hall–Kier alpha value is -0.610. The Kier molecular flexibility index (Phi) is 3.82. The molecule has 0 bridgehead atoms. The third kappa shape index (κ3) is 2.95. The predicted molar refractivity (Wildman–Crippen MR) is 62.1 cm³/mol. The molecule has 16 heavy (non-hydrogen) atoms. The minimum Gasteiger partial charge on any atom is -0.378 e. The number of amides is 1. The minimum atomic E-state index is 0.0623. The Morgan fingerprint density at radius 1 is 1.31 bits per heavy atom. The zero-order valence-electron chi connectivity index (χ0n) is 10.2. The number of nitrogens with one attached hydrogen (secondary N) is 2. The summed E-state index contributed by atoms with van der Waals surface area (Å²) < 4.78 is 5.42. The maximum Gasteiger partial charge on any atom is 0.225 e. The molecule has 2 heterocycles. The summed E-state index contributed by atoms with van der Waals surface area (Å²) in [6, 6.07) is 0.298. The average Bonchev–Trinajstić information content (AvgIpc) is 2.65. The smallest absolute Gasteiger partial charge is 0.225 e. The number of hydrogen-bond donors (Lipinski definition) is 2. The molecular weight excluding hydrogens is 204 g/mol. The van der Waals surface area contributed by atoms with Crippen LogP contribution in [-0.2, 0) is 9.53 Å². The Morgan fingerprint density at radius 2 is 2.12 bits per heavy atom. The van der Waals surface area contributed by atoms with E-state index < -0.39 is 0 Å². The second-order valence-electron chi connectivity index (χ2n) is 5.28. The molecule has 1 amide bonds. The van der Waals surface area contributed by atoms with Gasteiger partial charge in [0.15, 0.2) is 0 Å². The van der Waals surface area contributed by atoms with E-state index >= 15 is 0 Å². The molecule has 2 aliphatic rings. The van der Waals surface area contributed by atoms with E-state index in [1.807, 2.05) is 6.92 Å². The summed E-state index contributed by atoms with van der Waals surface area (Å²) in [5.74, 6) is 0.885. The van der Waals surface area contributed by atoms with Crippen LogP contribution in [0.4, 0.5) is 0 Å². The molecular formula is C12H22N2O2. The predicted octanol–water partition coefficient (Wildman–Crippen LogP) is 0.526. The van der Waals surface area contributed by atoms with Crippen molar-refractivity contribution in [2.24, 2.45) is 11.8 Å². The lowest BCUT2D eigenvalue weighted by molar-refractivity contribution is -0.125. The van der Waals surface area contributed by atoms with Gasteiger partial charge in [-0.2, -0.15) is 0 Å². The Balaban J connectivity index is 1.78. The monoisotopic (exact) mass is 226 g/mol. The molecule has 2 saturated heterocycles. The van der Waals surface area contributed by atoms with Crippen molar-refractivity contribution in [1.82, 2.24) is 10.6 Å². The molecule has 4 atom stereocenters. The van der Waals surface area contributed by atoms with Gasteiger partial charge in [-0.3, -0.25) is 4.79 Å². The van der Waals surface area contributed by atoms with Crippen molar-refractivity contribution < 1.29 is 9.53 Å². The van der Waals surface area contributed by atoms with E-state index in [2.05, 4.69) is 17.6 Å². The van der Waals surface area contributed by atoms with Crippen molar-refractivity contribution in [3.8, 4) is 0 Å². The zero-order chi connectivity index (χ0) is 11.5. The van der Waals surface area contributed by atoms with Gasteiger partial charge < -0.3 is 15.4 Å². The molecule has 4 unspecified atom stereocenters. The van der Waals surface area contributed by atoms with E-state index in [9.17, 15) is 4.79 Å². The summed E-state index contributed by atoms with van der Waals surface area (Å²) >= 11 is 0. The van der Waals surface area contributed by atoms with Gasteiger partial charge in [-0.05, 0) is 32.2 Å². The molecule has 0 spiro atoms. The molecule has 2 fully saturated rings. The van der Waals surface area contributed by atoms with Gasteiger partial charge >= 0.3 is 0 Å². The number of hydrogen-bond acceptors (Lipinski definition) is 3. The average molecular weight is 226 g/mol. The van der Waals surface area contributed by atoms with E-state index in [1.54, 1.807) is 0 Å². The van der Waals surface area contributed by atoms with Crippen LogP contribution >= 0.6 is 0 Å². The van der Waals surface area contributed by atoms with Gasteiger partial charge in [0, 0.05) is 12.6 Å². The molecule has 4 heteroatoms. The summed E-state index contributed by atoms with van der Waals surface area (Å²) in [4.78, 5) is 11.9. The molecule has 0 radical (unpaired) electrons. The third-order valence-corrected chi connectivity index (χ3v) is 3.49. The molecule has 2 rings (SSSR count). The van der Waals surface area contributed by atoms with Crippen LogP contribution in [0.1, 0.15) is 26.7 Å². The molecule has 0 aromatic carbocycles. The highest BCUT2D eigenvalue weighted by Crippen LogP contribution is 2.19. The number of carbonyl (C=O) groups excluding carboxylic acids is 1. The number of rotatable bonds is 2. The Bertz CT molecular complexity index is 257. The highest BCUT2D eigenvalue weighted by Gasteiger charge is 2.30. The Morgan fingerprint density at radius 3 is 2.75 bits per heavy atom. The van der Waals surface area contributed by atoms with Gasteiger partial charge in [-0.25, -0.2) is 0 Å². The lowest BCUT2D eigenvalue weighted by Gasteiger charge is -2.29. The summed E-state index contributed by atoms with van der Waals surface area (Å²) in [5.41, 5.74) is 0. The molecule has 0 aromatic heterocycles. The van der Waals surface area contributed by atoms with E-state index in [4.69, 9.17) is 4.74 Å². The van der Waals surface area contributed by atoms with Crippen molar-refractivity contribution in [2.45, 2.75) is 38.8 Å². The van der Waals surface area contributed by atoms with Crippen LogP contribution in [0.25, 0.3) is 0 Å². The van der Waals surface area contributed by atoms with E-state index in [1.165, 1.54) is 0 Å². The molecule has 0 aliphatic carbocycles. The largest absolute Gasteiger partial charge is 0.378 e. The van der Waals surface area contributed by atoms with Gasteiger partial charge in [0.25, 0.3) is 0 Å². The van der Waals surface area contributed by atoms with Gasteiger partial charge in [0.1, 0.15) is 0 Å². The summed E-state index contributed by atoms with van der Waals surface area (Å²) in [5, 5.41) is 6.47. The van der Waals surface area contributed by atoms with Crippen LogP contribution in [0.3, 0.4) is 0 Å². The zero-order valence-corrected chi connectivity index (χ0v) is 10.2. The fourth-order valence-corrected chi connectivity index (χ4v) is 2.59. The molecule has 4 nitrogen and oxygen atoms in total. The number of ether oxygens (including phenoxy) is 1. The van der Waals surface area contributed by atoms with E-state index in [0.29, 0.717) is 18.6 Å². The normalized spacial score (nSPS) is 39.6. The topological polar surface area (TPSA) is 50.4 Å². The SMILES string of the molecule is CC1CNCC(NC(=O)C2COC(C)C2)C1. The molecule has 0 saturated carbocycles. The lowest BCUT2D eigenvalue weighted by Crippen LogP contribution is -2.49. The van der Waals surface area contributed by atoms with Crippen LogP contribution in [0, 0.1) is 11.8 Å². The van der Waals surface area contributed by atoms with Gasteiger partial charge in [-0.15, -0.1) is 0 Å². The second kappa shape index (κ2) is 5.15. The first kappa shape index (κ1) is 11.9. The first-order chi connectivity index (χ1) is 7.65. The standard InChI is InChI=1S/C12H22N2O2/c1-8-3-11(6-13-5-8)14-12(15)10-4-9(2)16-7-10/h8-11,13H,3-7H2,1-2H3,(H,14,15). The molecule has 2 aliphatic heterocycles. The number of carbonyl (C=O) groups is 1. The first-order valence-electron chi connectivity index (χ1n) is 6.28. The highest BCUT2D eigenvalue weighted by atomic mass is 16.5. The van der Waals surface area contributed by atoms with E-state index in [0.717, 1.165) is 25.9 Å². The van der Waals surface area contributed by atoms with Crippen molar-refractivity contribution in [1.29, 1.82) is 0 Å². The van der Waals surface area contributed by atoms with Crippen LogP contribution in [0.5, 0.6) is 0 Å². The van der Waals surface area contributed by atoms with Crippen molar-refractivity contribution >= 4 is 5.91 Å². The maximum absolute atomic E-state index is 11.9. The van der Waals surface area contributed by atoms with Crippen LogP contribution in [0.15, 0.2) is 0 Å². The number of piperidine rings is 1. The van der Waals surface area contributed by atoms with E-state index in [-0.39, 0.29) is 17.9 Å². The van der Waals surface area contributed by atoms with Crippen LogP contribution < -0.4 is 10.6 Å². The quantitative estimate of drug-likeness (QED) is 0.722. The first-order valence-corrected chi connectivity index (χ1v) is 6.28. The fourth-order valence-electron chi connectivity index (χ4n) is 2.59. The van der Waals surface area contributed by atoms with Gasteiger partial charge in [0.05, 0.1) is 18.6 Å². The fraction of sp³-hybridized carbons (Fsp3) is 0.917. The van der Waals surface area contributed by atoms with Crippen LogP contribution in [0.2, 0.25) is 0 Å². The maximum atomic E-state index is 11.9. The minimum absolute atomic E-state index is 0.0623.